The molecule has 0 saturated heterocycles. The predicted molar refractivity (Wildman–Crippen MR) is 99.9 cm³/mol. The van der Waals surface area contributed by atoms with Crippen molar-refractivity contribution in [3.63, 3.8) is 0 Å². The van der Waals surface area contributed by atoms with Gasteiger partial charge in [0.25, 0.3) is 0 Å². The molecule has 0 fully saturated rings. The van der Waals surface area contributed by atoms with E-state index >= 15 is 0 Å². The van der Waals surface area contributed by atoms with E-state index < -0.39 is 11.4 Å². The number of hydrogen-bond donors (Lipinski definition) is 2. The van der Waals surface area contributed by atoms with Crippen LogP contribution in [-0.4, -0.2) is 26.7 Å². The Morgan fingerprint density at radius 3 is 2.62 bits per heavy atom. The van der Waals surface area contributed by atoms with E-state index in [0.29, 0.717) is 23.3 Å². The fraction of sp³-hybridized carbons (Fsp3) is 0.250. The van der Waals surface area contributed by atoms with Crippen LogP contribution in [0.25, 0.3) is 10.9 Å². The molecule has 0 amide bonds. The first kappa shape index (κ1) is 16.3. The van der Waals surface area contributed by atoms with E-state index in [0.717, 1.165) is 12.8 Å². The molecule has 3 aromatic rings. The Morgan fingerprint density at radius 2 is 2.00 bits per heavy atom. The number of pyridine rings is 2. The van der Waals surface area contributed by atoms with Gasteiger partial charge in [0.05, 0.1) is 17.1 Å². The summed E-state index contributed by atoms with van der Waals surface area (Å²) >= 11 is 0. The molecule has 26 heavy (non-hydrogen) atoms. The van der Waals surface area contributed by atoms with Crippen LogP contribution in [0, 0.1) is 0 Å². The van der Waals surface area contributed by atoms with Gasteiger partial charge in [0.2, 0.25) is 5.43 Å². The highest BCUT2D eigenvalue weighted by Gasteiger charge is 2.21. The second kappa shape index (κ2) is 6.29. The minimum atomic E-state index is -1.21. The first-order valence-electron chi connectivity index (χ1n) is 8.66. The highest BCUT2D eigenvalue weighted by Crippen LogP contribution is 2.24. The van der Waals surface area contributed by atoms with Gasteiger partial charge in [-0.2, -0.15) is 0 Å². The Hall–Kier alpha value is -3.15. The van der Waals surface area contributed by atoms with Crippen molar-refractivity contribution in [3.8, 4) is 0 Å². The largest absolute Gasteiger partial charge is 0.477 e. The van der Waals surface area contributed by atoms with Crippen molar-refractivity contribution in [1.29, 1.82) is 0 Å². The van der Waals surface area contributed by atoms with Crippen LogP contribution in [-0.2, 0) is 19.4 Å². The molecule has 0 spiro atoms. The summed E-state index contributed by atoms with van der Waals surface area (Å²) in [5.41, 5.74) is 2.60. The quantitative estimate of drug-likeness (QED) is 0.756. The zero-order valence-electron chi connectivity index (χ0n) is 14.4. The molecule has 2 aromatic heterocycles. The smallest absolute Gasteiger partial charge is 0.341 e. The van der Waals surface area contributed by atoms with Crippen molar-refractivity contribution < 1.29 is 9.90 Å². The summed E-state index contributed by atoms with van der Waals surface area (Å²) in [4.78, 5) is 28.4. The lowest BCUT2D eigenvalue weighted by molar-refractivity contribution is 0.0695. The molecule has 2 heterocycles. The van der Waals surface area contributed by atoms with Crippen LogP contribution in [0.2, 0.25) is 0 Å². The molecule has 2 N–H and O–H groups in total. The first-order chi connectivity index (χ1) is 12.6. The van der Waals surface area contributed by atoms with E-state index in [1.807, 2.05) is 19.1 Å². The first-order valence-corrected chi connectivity index (χ1v) is 8.66. The number of hydrogen-bond acceptors (Lipinski definition) is 4. The Kier molecular flexibility index (Phi) is 3.95. The third-order valence-electron chi connectivity index (χ3n) is 4.94. The summed E-state index contributed by atoms with van der Waals surface area (Å²) in [5, 5.41) is 13.1. The van der Waals surface area contributed by atoms with Gasteiger partial charge in [0, 0.05) is 18.8 Å². The molecule has 1 aromatic carbocycles. The highest BCUT2D eigenvalue weighted by molar-refractivity contribution is 5.93. The number of aromatic carboxylic acids is 1. The Labute approximate surface area is 150 Å². The number of fused-ring (bicyclic) bond motifs is 2. The van der Waals surface area contributed by atoms with Crippen molar-refractivity contribution in [1.82, 2.24) is 9.55 Å². The lowest BCUT2D eigenvalue weighted by Crippen LogP contribution is -2.22. The summed E-state index contributed by atoms with van der Waals surface area (Å²) in [6.07, 6.45) is 4.83. The number of carboxylic acid groups (broad SMARTS) is 1. The fourth-order valence-electron chi connectivity index (χ4n) is 3.65. The SMILES string of the molecule is CCn1cc(C(=O)O)c(=O)c2cc(NC3Cc4ccccc4C3)ncc21. The number of aryl methyl sites for hydroxylation is 1. The van der Waals surface area contributed by atoms with Crippen LogP contribution in [0.4, 0.5) is 5.82 Å². The number of nitrogens with zero attached hydrogens (tertiary/aromatic N) is 2. The predicted octanol–water partition coefficient (Wildman–Crippen LogP) is 2.69. The summed E-state index contributed by atoms with van der Waals surface area (Å²) in [7, 11) is 0. The summed E-state index contributed by atoms with van der Waals surface area (Å²) in [5.74, 6) is -0.616. The highest BCUT2D eigenvalue weighted by atomic mass is 16.4. The van der Waals surface area contributed by atoms with Gasteiger partial charge in [-0.1, -0.05) is 24.3 Å². The Balaban J connectivity index is 1.71. The number of carbonyl (C=O) groups is 1. The molecular weight excluding hydrogens is 330 g/mol. The topological polar surface area (TPSA) is 84.2 Å². The molecule has 1 aliphatic carbocycles. The fourth-order valence-corrected chi connectivity index (χ4v) is 3.65. The summed E-state index contributed by atoms with van der Waals surface area (Å²) in [6.45, 7) is 2.46. The van der Waals surface area contributed by atoms with Gasteiger partial charge < -0.3 is 15.0 Å². The van der Waals surface area contributed by atoms with Crippen LogP contribution in [0.3, 0.4) is 0 Å². The van der Waals surface area contributed by atoms with Gasteiger partial charge in [-0.05, 0) is 37.0 Å². The van der Waals surface area contributed by atoms with Gasteiger partial charge in [-0.25, -0.2) is 9.78 Å². The van der Waals surface area contributed by atoms with Crippen molar-refractivity contribution in [2.24, 2.45) is 0 Å². The minimum absolute atomic E-state index is 0.216. The van der Waals surface area contributed by atoms with Crippen molar-refractivity contribution in [3.05, 3.63) is 69.6 Å². The van der Waals surface area contributed by atoms with Gasteiger partial charge in [0.1, 0.15) is 11.4 Å². The number of benzene rings is 1. The Morgan fingerprint density at radius 1 is 1.31 bits per heavy atom. The second-order valence-corrected chi connectivity index (χ2v) is 6.57. The Bertz CT molecular complexity index is 1050. The maximum atomic E-state index is 12.6. The molecule has 0 saturated carbocycles. The molecule has 6 nitrogen and oxygen atoms in total. The summed E-state index contributed by atoms with van der Waals surface area (Å²) < 4.78 is 1.74. The molecular formula is C20H19N3O3. The lowest BCUT2D eigenvalue weighted by atomic mass is 10.1. The van der Waals surface area contributed by atoms with Gasteiger partial charge in [-0.3, -0.25) is 4.79 Å². The lowest BCUT2D eigenvalue weighted by Gasteiger charge is -2.15. The minimum Gasteiger partial charge on any atom is -0.477 e. The molecule has 6 heteroatoms. The van der Waals surface area contributed by atoms with Crippen molar-refractivity contribution in [2.45, 2.75) is 32.4 Å². The van der Waals surface area contributed by atoms with E-state index in [9.17, 15) is 14.7 Å². The average Bonchev–Trinajstić information content (AvgIpc) is 3.04. The third-order valence-corrected chi connectivity index (χ3v) is 4.94. The maximum Gasteiger partial charge on any atom is 0.341 e. The van der Waals surface area contributed by atoms with E-state index in [1.165, 1.54) is 17.3 Å². The van der Waals surface area contributed by atoms with Crippen molar-refractivity contribution >= 4 is 22.7 Å². The third kappa shape index (κ3) is 2.73. The molecule has 132 valence electrons. The van der Waals surface area contributed by atoms with Crippen LogP contribution < -0.4 is 10.7 Å². The van der Waals surface area contributed by atoms with Crippen LogP contribution in [0.15, 0.2) is 47.5 Å². The van der Waals surface area contributed by atoms with Crippen molar-refractivity contribution in [2.75, 3.05) is 5.32 Å². The molecule has 4 rings (SSSR count). The number of anilines is 1. The van der Waals surface area contributed by atoms with E-state index in [4.69, 9.17) is 0 Å². The summed E-state index contributed by atoms with van der Waals surface area (Å²) in [6, 6.07) is 10.2. The molecule has 0 aliphatic heterocycles. The number of carboxylic acids is 1. The van der Waals surface area contributed by atoms with Crippen LogP contribution in [0.5, 0.6) is 0 Å². The second-order valence-electron chi connectivity index (χ2n) is 6.57. The normalized spacial score (nSPS) is 13.7. The van der Waals surface area contributed by atoms with Gasteiger partial charge in [-0.15, -0.1) is 0 Å². The zero-order valence-corrected chi connectivity index (χ0v) is 14.4. The van der Waals surface area contributed by atoms with E-state index in [2.05, 4.69) is 22.4 Å². The number of nitrogens with one attached hydrogen (secondary N) is 1. The molecule has 0 unspecified atom stereocenters. The monoisotopic (exact) mass is 349 g/mol. The van der Waals surface area contributed by atoms with Gasteiger partial charge in [0.15, 0.2) is 0 Å². The van der Waals surface area contributed by atoms with Crippen LogP contribution >= 0.6 is 0 Å². The average molecular weight is 349 g/mol. The van der Waals surface area contributed by atoms with E-state index in [-0.39, 0.29) is 11.6 Å². The van der Waals surface area contributed by atoms with E-state index in [1.54, 1.807) is 16.8 Å². The molecule has 1 aliphatic rings. The molecule has 0 atom stereocenters. The number of aromatic nitrogens is 2. The molecule has 0 radical (unpaired) electrons. The van der Waals surface area contributed by atoms with Crippen LogP contribution in [0.1, 0.15) is 28.4 Å². The molecule has 0 bridgehead atoms. The standard InChI is InChI=1S/C20H19N3O3/c1-2-23-11-16(20(25)26)19(24)15-9-18(21-10-17(15)23)22-14-7-12-5-3-4-6-13(12)8-14/h3-6,9-11,14H,2,7-8H2,1H3,(H,21,22)(H,25,26). The maximum absolute atomic E-state index is 12.6. The number of rotatable bonds is 4. The zero-order chi connectivity index (χ0) is 18.3. The van der Waals surface area contributed by atoms with Gasteiger partial charge >= 0.3 is 5.97 Å².